The third-order valence-corrected chi connectivity index (χ3v) is 3.81. The molecule has 1 fully saturated rings. The molecular weight excluding hydrogens is 296 g/mol. The molecule has 124 valence electrons. The monoisotopic (exact) mass is 318 g/mol. The quantitative estimate of drug-likeness (QED) is 0.816. The number of ether oxygens (including phenoxy) is 1. The summed E-state index contributed by atoms with van der Waals surface area (Å²) in [5.74, 6) is 0.902. The number of aliphatic hydroxyl groups is 1. The van der Waals surface area contributed by atoms with Gasteiger partial charge in [0.2, 0.25) is 5.91 Å². The molecule has 0 radical (unpaired) electrons. The van der Waals surface area contributed by atoms with Crippen molar-refractivity contribution < 1.29 is 14.6 Å². The summed E-state index contributed by atoms with van der Waals surface area (Å²) in [5.41, 5.74) is 0.541. The van der Waals surface area contributed by atoms with Gasteiger partial charge in [0.25, 0.3) is 0 Å². The highest BCUT2D eigenvalue weighted by Crippen LogP contribution is 2.14. The van der Waals surface area contributed by atoms with Gasteiger partial charge in [0.1, 0.15) is 11.9 Å². The van der Waals surface area contributed by atoms with Gasteiger partial charge in [-0.3, -0.25) is 4.79 Å². The fraction of sp³-hybridized carbons (Fsp3) is 0.562. The van der Waals surface area contributed by atoms with Crippen LogP contribution in [0.15, 0.2) is 18.3 Å². The highest BCUT2D eigenvalue weighted by atomic mass is 16.5. The van der Waals surface area contributed by atoms with E-state index in [1.165, 1.54) is 0 Å². The van der Waals surface area contributed by atoms with Crippen molar-refractivity contribution >= 4 is 11.7 Å². The van der Waals surface area contributed by atoms with Crippen LogP contribution in [0.4, 0.5) is 5.82 Å². The number of rotatable bonds is 6. The number of anilines is 1. The van der Waals surface area contributed by atoms with Gasteiger partial charge in [-0.05, 0) is 19.1 Å². The van der Waals surface area contributed by atoms with Crippen LogP contribution >= 0.6 is 0 Å². The van der Waals surface area contributed by atoms with Crippen molar-refractivity contribution in [1.82, 2.24) is 9.88 Å². The smallest absolute Gasteiger partial charge is 0.225 e. The van der Waals surface area contributed by atoms with E-state index in [2.05, 4.69) is 9.88 Å². The van der Waals surface area contributed by atoms with Gasteiger partial charge in [0.05, 0.1) is 31.3 Å². The number of nitriles is 1. The van der Waals surface area contributed by atoms with Crippen molar-refractivity contribution in [3.63, 3.8) is 0 Å². The van der Waals surface area contributed by atoms with Crippen LogP contribution in [0.3, 0.4) is 0 Å². The van der Waals surface area contributed by atoms with Gasteiger partial charge in [-0.1, -0.05) is 0 Å². The fourth-order valence-electron chi connectivity index (χ4n) is 2.38. The van der Waals surface area contributed by atoms with E-state index in [1.807, 2.05) is 17.0 Å². The number of piperazine rings is 1. The summed E-state index contributed by atoms with van der Waals surface area (Å²) < 4.78 is 5.32. The maximum absolute atomic E-state index is 12.1. The molecule has 1 aromatic heterocycles. The summed E-state index contributed by atoms with van der Waals surface area (Å²) in [6.07, 6.45) is 1.66. The van der Waals surface area contributed by atoms with Crippen LogP contribution in [0.2, 0.25) is 0 Å². The average molecular weight is 318 g/mol. The zero-order chi connectivity index (χ0) is 16.7. The third-order valence-electron chi connectivity index (χ3n) is 3.81. The van der Waals surface area contributed by atoms with E-state index < -0.39 is 0 Å². The lowest BCUT2D eigenvalue weighted by atomic mass is 10.2. The molecule has 1 saturated heterocycles. The molecule has 1 aliphatic heterocycles. The normalized spacial score (nSPS) is 16.0. The Hall–Kier alpha value is -2.17. The molecule has 0 aromatic carbocycles. The van der Waals surface area contributed by atoms with E-state index in [1.54, 1.807) is 19.2 Å². The Morgan fingerprint density at radius 1 is 1.43 bits per heavy atom. The van der Waals surface area contributed by atoms with E-state index in [-0.39, 0.29) is 18.6 Å². The number of carbonyl (C=O) groups is 1. The molecular formula is C16H22N4O3. The van der Waals surface area contributed by atoms with Crippen LogP contribution in [-0.4, -0.2) is 66.4 Å². The minimum absolute atomic E-state index is 0.0372. The van der Waals surface area contributed by atoms with Crippen LogP contribution in [0.5, 0.6) is 0 Å². The first-order valence-electron chi connectivity index (χ1n) is 7.75. The fourth-order valence-corrected chi connectivity index (χ4v) is 2.38. The zero-order valence-electron chi connectivity index (χ0n) is 13.3. The molecule has 1 unspecified atom stereocenters. The second-order valence-corrected chi connectivity index (χ2v) is 5.50. The number of pyridine rings is 1. The summed E-state index contributed by atoms with van der Waals surface area (Å²) in [6, 6.07) is 5.63. The summed E-state index contributed by atoms with van der Waals surface area (Å²) in [5, 5.41) is 17.7. The maximum atomic E-state index is 12.1. The van der Waals surface area contributed by atoms with E-state index in [0.717, 1.165) is 18.9 Å². The second-order valence-electron chi connectivity index (χ2n) is 5.50. The van der Waals surface area contributed by atoms with Crippen molar-refractivity contribution in [1.29, 1.82) is 5.26 Å². The molecule has 7 heteroatoms. The number of aromatic nitrogens is 1. The Morgan fingerprint density at radius 3 is 2.74 bits per heavy atom. The van der Waals surface area contributed by atoms with Crippen LogP contribution in [0.25, 0.3) is 0 Å². The Bertz CT molecular complexity index is 547. The van der Waals surface area contributed by atoms with Crippen molar-refractivity contribution in [3.8, 4) is 6.07 Å². The van der Waals surface area contributed by atoms with Crippen LogP contribution < -0.4 is 4.90 Å². The highest BCUT2D eigenvalue weighted by Gasteiger charge is 2.21. The molecule has 2 rings (SSSR count). The highest BCUT2D eigenvalue weighted by molar-refractivity contribution is 5.76. The first-order chi connectivity index (χ1) is 11.1. The summed E-state index contributed by atoms with van der Waals surface area (Å²) >= 11 is 0. The van der Waals surface area contributed by atoms with Gasteiger partial charge in [-0.2, -0.15) is 5.26 Å². The second kappa shape index (κ2) is 8.46. The van der Waals surface area contributed by atoms with E-state index in [4.69, 9.17) is 15.1 Å². The number of nitrogens with zero attached hydrogens (tertiary/aromatic N) is 4. The number of carbonyl (C=O) groups excluding carboxylic acids is 1. The molecule has 1 N–H and O–H groups in total. The minimum Gasteiger partial charge on any atom is -0.394 e. The molecule has 1 atom stereocenters. The molecule has 1 aromatic rings. The van der Waals surface area contributed by atoms with Crippen molar-refractivity contribution in [3.05, 3.63) is 23.9 Å². The van der Waals surface area contributed by atoms with Gasteiger partial charge in [-0.15, -0.1) is 0 Å². The Kier molecular flexibility index (Phi) is 6.32. The first-order valence-corrected chi connectivity index (χ1v) is 7.75. The Morgan fingerprint density at radius 2 is 2.17 bits per heavy atom. The van der Waals surface area contributed by atoms with E-state index in [0.29, 0.717) is 31.7 Å². The number of aliphatic hydroxyl groups excluding tert-OH is 1. The first kappa shape index (κ1) is 17.2. The predicted molar refractivity (Wildman–Crippen MR) is 84.9 cm³/mol. The van der Waals surface area contributed by atoms with Crippen LogP contribution in [0, 0.1) is 11.3 Å². The molecule has 0 spiro atoms. The SMILES string of the molecule is CC(CO)OCCC(=O)N1CCN(c2ccc(C#N)cn2)CC1. The number of amides is 1. The van der Waals surface area contributed by atoms with Crippen molar-refractivity contribution in [2.24, 2.45) is 0 Å². The Balaban J connectivity index is 1.76. The predicted octanol–water partition coefficient (Wildman–Crippen LogP) is 0.389. The zero-order valence-corrected chi connectivity index (χ0v) is 13.3. The van der Waals surface area contributed by atoms with Gasteiger partial charge >= 0.3 is 0 Å². The van der Waals surface area contributed by atoms with Gasteiger partial charge in [-0.25, -0.2) is 4.98 Å². The van der Waals surface area contributed by atoms with Crippen LogP contribution in [-0.2, 0) is 9.53 Å². The molecule has 0 saturated carbocycles. The summed E-state index contributed by atoms with van der Waals surface area (Å²) in [7, 11) is 0. The standard InChI is InChI=1S/C16H22N4O3/c1-13(12-21)23-9-4-16(22)20-7-5-19(6-8-20)15-3-2-14(10-17)11-18-15/h2-3,11,13,21H,4-9,12H2,1H3. The molecule has 0 aliphatic carbocycles. The van der Waals surface area contributed by atoms with Gasteiger partial charge in [0, 0.05) is 32.4 Å². The molecule has 23 heavy (non-hydrogen) atoms. The van der Waals surface area contributed by atoms with E-state index in [9.17, 15) is 4.79 Å². The number of hydrogen-bond acceptors (Lipinski definition) is 6. The molecule has 1 aliphatic rings. The van der Waals surface area contributed by atoms with Crippen molar-refractivity contribution in [2.45, 2.75) is 19.4 Å². The van der Waals surface area contributed by atoms with Crippen molar-refractivity contribution in [2.75, 3.05) is 44.3 Å². The molecule has 7 nitrogen and oxygen atoms in total. The lowest BCUT2D eigenvalue weighted by Crippen LogP contribution is -2.49. The maximum Gasteiger partial charge on any atom is 0.225 e. The minimum atomic E-state index is -0.234. The molecule has 1 amide bonds. The lowest BCUT2D eigenvalue weighted by molar-refractivity contribution is -0.133. The Labute approximate surface area is 136 Å². The van der Waals surface area contributed by atoms with Crippen LogP contribution in [0.1, 0.15) is 18.9 Å². The van der Waals surface area contributed by atoms with E-state index >= 15 is 0 Å². The summed E-state index contributed by atoms with van der Waals surface area (Å²) in [6.45, 7) is 4.81. The topological polar surface area (TPSA) is 89.7 Å². The van der Waals surface area contributed by atoms with Gasteiger partial charge < -0.3 is 19.6 Å². The lowest BCUT2D eigenvalue weighted by Gasteiger charge is -2.35. The number of hydrogen-bond donors (Lipinski definition) is 1. The van der Waals surface area contributed by atoms with Gasteiger partial charge in [0.15, 0.2) is 0 Å². The molecule has 2 heterocycles. The average Bonchev–Trinajstić information content (AvgIpc) is 2.61. The summed E-state index contributed by atoms with van der Waals surface area (Å²) in [4.78, 5) is 20.3. The largest absolute Gasteiger partial charge is 0.394 e. The molecule has 0 bridgehead atoms. The third kappa shape index (κ3) is 4.91.